The molecule has 0 aliphatic rings. The van der Waals surface area contributed by atoms with Crippen molar-refractivity contribution in [2.24, 2.45) is 0 Å². The van der Waals surface area contributed by atoms with E-state index in [0.717, 1.165) is 0 Å². The second-order valence-electron chi connectivity index (χ2n) is 0.896. The van der Waals surface area contributed by atoms with Gasteiger partial charge in [0, 0.05) is 17.4 Å². The Balaban J connectivity index is -0.00000000241. The number of hydrogen-bond acceptors (Lipinski definition) is 5. The Bertz CT molecular complexity index is 218. The van der Waals surface area contributed by atoms with Crippen LogP contribution in [0.1, 0.15) is 0 Å². The molecule has 0 fully saturated rings. The van der Waals surface area contributed by atoms with Gasteiger partial charge < -0.3 is 71.9 Å². The van der Waals surface area contributed by atoms with Gasteiger partial charge in [-0.1, -0.05) is 0 Å². The zero-order valence-electron chi connectivity index (χ0n) is 11.4. The third-order valence-electron chi connectivity index (χ3n) is 0. The maximum atomic E-state index is 8.74. The van der Waals surface area contributed by atoms with Crippen LogP contribution in [0.5, 0.6) is 0 Å². The summed E-state index contributed by atoms with van der Waals surface area (Å²) in [7, 11) is -9.33. The van der Waals surface area contributed by atoms with E-state index in [1.165, 1.54) is 0 Å². The Hall–Kier alpha value is -0.248. The summed E-state index contributed by atoms with van der Waals surface area (Å²) in [5, 5.41) is 0. The van der Waals surface area contributed by atoms with Gasteiger partial charge in [0.15, 0.2) is 0 Å². The van der Waals surface area contributed by atoms with Crippen molar-refractivity contribution in [2.45, 2.75) is 0 Å². The third kappa shape index (κ3) is 153000. The summed E-state index contributed by atoms with van der Waals surface area (Å²) >= 11 is 0. The number of rotatable bonds is 0. The van der Waals surface area contributed by atoms with Crippen LogP contribution in [0, 0.1) is 0 Å². The van der Waals surface area contributed by atoms with Crippen LogP contribution in [-0.4, -0.2) is 101 Å². The maximum Gasteiger partial charge on any atom is 0.394 e. The van der Waals surface area contributed by atoms with E-state index < -0.39 is 20.8 Å². The van der Waals surface area contributed by atoms with E-state index >= 15 is 0 Å². The van der Waals surface area contributed by atoms with Crippen LogP contribution in [0.15, 0.2) is 0 Å². The van der Waals surface area contributed by atoms with Crippen molar-refractivity contribution in [3.05, 3.63) is 0 Å². The predicted octanol–water partition coefficient (Wildman–Crippen LogP) is -11.0. The quantitative estimate of drug-likeness (QED) is 0.205. The molecule has 174 valence electrons. The maximum absolute atomic E-state index is 8.74. The molecule has 0 aromatic carbocycles. The normalized spacial score (nSPS) is 4.83. The summed E-state index contributed by atoms with van der Waals surface area (Å²) in [6.07, 6.45) is 0. The van der Waals surface area contributed by atoms with E-state index in [9.17, 15) is 0 Å². The van der Waals surface area contributed by atoms with Crippen molar-refractivity contribution < 1.29 is 118 Å². The Labute approximate surface area is 145 Å². The van der Waals surface area contributed by atoms with Gasteiger partial charge in [-0.15, -0.1) is 0 Å². The molecule has 0 saturated carbocycles. The Morgan fingerprint density at radius 2 is 0.375 bits per heavy atom. The molecule has 21 nitrogen and oxygen atoms in total. The molecule has 31 N–H and O–H groups in total. The van der Waals surface area contributed by atoms with Crippen LogP contribution in [0.2, 0.25) is 0 Å². The number of hydrogen-bond donors (Lipinski definition) is 5. The average molecular weight is 481 g/mol. The van der Waals surface area contributed by atoms with E-state index in [-0.39, 0.29) is 89.2 Å². The molecule has 0 spiro atoms. The summed E-state index contributed by atoms with van der Waals surface area (Å²) in [6, 6.07) is 0. The fourth-order valence-electron chi connectivity index (χ4n) is 0. The second kappa shape index (κ2) is 77.9. The van der Waals surface area contributed by atoms with Crippen LogP contribution < -0.4 is 6.15 Å². The van der Waals surface area contributed by atoms with Crippen LogP contribution in [0.25, 0.3) is 0 Å². The van der Waals surface area contributed by atoms with Crippen molar-refractivity contribution in [2.75, 3.05) is 0 Å². The molecule has 0 unspecified atom stereocenters. The molecule has 0 amide bonds. The summed E-state index contributed by atoms with van der Waals surface area (Å²) in [4.78, 5) is 0. The van der Waals surface area contributed by atoms with E-state index in [1.54, 1.807) is 0 Å². The third-order valence-corrected chi connectivity index (χ3v) is 0. The van der Waals surface area contributed by atoms with Gasteiger partial charge in [-0.3, -0.25) is 18.2 Å². The minimum Gasteiger partial charge on any atom is -0.412 e. The van der Waals surface area contributed by atoms with Gasteiger partial charge in [0.05, 0.1) is 0 Å². The van der Waals surface area contributed by atoms with E-state index in [2.05, 4.69) is 0 Å². The topological polar surface area (TPSA) is 562 Å². The van der Waals surface area contributed by atoms with E-state index in [0.29, 0.717) is 0 Å². The molecule has 0 aliphatic carbocycles. The zero-order chi connectivity index (χ0) is 9.00. The smallest absolute Gasteiger partial charge is 0.394 e. The molecule has 24 heteroatoms. The second-order valence-corrected chi connectivity index (χ2v) is 2.69. The summed E-state index contributed by atoms with van der Waals surface area (Å²) < 4.78 is 63.2. The van der Waals surface area contributed by atoms with Gasteiger partial charge in [0.1, 0.15) is 0 Å². The molecule has 0 radical (unpaired) electrons. The molecule has 0 aliphatic heterocycles. The van der Waals surface area contributed by atoms with E-state index in [4.69, 9.17) is 35.0 Å². The molecule has 0 atom stereocenters. The Morgan fingerprint density at radius 1 is 0.375 bits per heavy atom. The molecule has 0 bridgehead atoms. The van der Waals surface area contributed by atoms with Crippen molar-refractivity contribution in [3.63, 3.8) is 0 Å². The van der Waals surface area contributed by atoms with Crippen molar-refractivity contribution in [1.82, 2.24) is 6.15 Å². The molecule has 0 saturated heterocycles. The SMILES string of the molecule is N.O.O.O.O.O.O.O.O.O.O.O.O.O=S(=O)(O)O.O=S(=O)(O)O.[Cr]. The van der Waals surface area contributed by atoms with Crippen LogP contribution in [0.4, 0.5) is 0 Å². The molecule has 0 aromatic heterocycles. The van der Waals surface area contributed by atoms with Crippen molar-refractivity contribution in [1.29, 1.82) is 0 Å². The summed E-state index contributed by atoms with van der Waals surface area (Å²) in [5.74, 6) is 0. The Morgan fingerprint density at radius 3 is 0.375 bits per heavy atom. The molecule has 0 rings (SSSR count). The first-order valence-corrected chi connectivity index (χ1v) is 4.19. The molecule has 0 heterocycles. The fourth-order valence-corrected chi connectivity index (χ4v) is 0. The van der Waals surface area contributed by atoms with Gasteiger partial charge >= 0.3 is 20.8 Å². The molecule has 0 aromatic rings. The summed E-state index contributed by atoms with van der Waals surface area (Å²) in [6.45, 7) is 0. The fraction of sp³-hybridized carbons (Fsp3) is 0. The molecular weight excluding hydrogens is 450 g/mol. The van der Waals surface area contributed by atoms with Crippen LogP contribution >= 0.6 is 0 Å². The predicted molar refractivity (Wildman–Crippen MR) is 76.7 cm³/mol. The minimum atomic E-state index is -4.67. The van der Waals surface area contributed by atoms with Crippen molar-refractivity contribution >= 4 is 20.8 Å². The summed E-state index contributed by atoms with van der Waals surface area (Å²) in [5.41, 5.74) is 0. The monoisotopic (exact) mass is 481 g/mol. The molecule has 24 heavy (non-hydrogen) atoms. The first-order chi connectivity index (χ1) is 4.00. The average Bonchev–Trinajstić information content (AvgIpc) is 1.12. The van der Waals surface area contributed by atoms with Crippen molar-refractivity contribution in [3.8, 4) is 0 Å². The minimum absolute atomic E-state index is 0. The standard InChI is InChI=1S/Cr.H3N.2H2O4S.12H2O/c;;2*1-5(2,3)4;;;;;;;;;;;;/h;1H3;2*(H2,1,2,3,4);12*1H2. The zero-order valence-corrected chi connectivity index (χ0v) is 14.3. The molecular formula is H31CrNO20S2. The van der Waals surface area contributed by atoms with Gasteiger partial charge in [-0.25, -0.2) is 0 Å². The van der Waals surface area contributed by atoms with Gasteiger partial charge in [-0.05, 0) is 0 Å². The van der Waals surface area contributed by atoms with Gasteiger partial charge in [0.25, 0.3) is 0 Å². The van der Waals surface area contributed by atoms with Crippen LogP contribution in [0.3, 0.4) is 0 Å². The first kappa shape index (κ1) is 205. The van der Waals surface area contributed by atoms with Crippen LogP contribution in [-0.2, 0) is 38.2 Å². The van der Waals surface area contributed by atoms with Gasteiger partial charge in [-0.2, -0.15) is 16.8 Å². The van der Waals surface area contributed by atoms with E-state index in [1.807, 2.05) is 0 Å². The van der Waals surface area contributed by atoms with Gasteiger partial charge in [0.2, 0.25) is 0 Å². The largest absolute Gasteiger partial charge is 0.412 e. The Kier molecular flexibility index (Phi) is 664. The first-order valence-electron chi connectivity index (χ1n) is 1.40.